The van der Waals surface area contributed by atoms with Crippen LogP contribution in [-0.4, -0.2) is 12.6 Å². The molecule has 1 aliphatic rings. The Hall–Kier alpha value is -1.71. The molecule has 3 nitrogen and oxygen atoms in total. The summed E-state index contributed by atoms with van der Waals surface area (Å²) in [6, 6.07) is 15.4. The van der Waals surface area contributed by atoms with Gasteiger partial charge in [0.15, 0.2) is 11.5 Å². The van der Waals surface area contributed by atoms with Crippen molar-refractivity contribution in [2.24, 2.45) is 0 Å². The third kappa shape index (κ3) is 7.03. The van der Waals surface area contributed by atoms with Crippen molar-refractivity contribution in [2.45, 2.75) is 71.6 Å². The summed E-state index contributed by atoms with van der Waals surface area (Å²) in [4.78, 5) is 0. The number of hydrogen-bond donors (Lipinski definition) is 1. The SMILES string of the molecule is CCOc1cc(CNC2CCCCCC2)ccc1OCc1ccc(C)cc1.Cl. The summed E-state index contributed by atoms with van der Waals surface area (Å²) in [5.74, 6) is 1.65. The molecule has 1 fully saturated rings. The topological polar surface area (TPSA) is 30.5 Å². The molecule has 2 aromatic rings. The second-order valence-electron chi connectivity index (χ2n) is 7.56. The molecule has 0 amide bonds. The van der Waals surface area contributed by atoms with Crippen molar-refractivity contribution in [3.63, 3.8) is 0 Å². The summed E-state index contributed by atoms with van der Waals surface area (Å²) in [6.07, 6.45) is 8.09. The molecule has 1 saturated carbocycles. The molecule has 0 atom stereocenters. The molecule has 154 valence electrons. The number of benzene rings is 2. The molecule has 2 aromatic carbocycles. The Kier molecular flexibility index (Phi) is 9.66. The minimum Gasteiger partial charge on any atom is -0.490 e. The molecule has 0 aliphatic heterocycles. The summed E-state index contributed by atoms with van der Waals surface area (Å²) < 4.78 is 11.9. The number of ether oxygens (including phenoxy) is 2. The molecule has 0 heterocycles. The standard InChI is InChI=1S/C24H33NO2.ClH/c1-3-26-24-16-21(17-25-22-8-6-4-5-7-9-22)14-15-23(24)27-18-20-12-10-19(2)11-13-20;/h10-16,22,25H,3-9,17-18H2,1-2H3;1H. The van der Waals surface area contributed by atoms with Crippen molar-refractivity contribution in [1.29, 1.82) is 0 Å². The highest BCUT2D eigenvalue weighted by molar-refractivity contribution is 5.85. The molecular formula is C24H34ClNO2. The van der Waals surface area contributed by atoms with Crippen LogP contribution in [0.25, 0.3) is 0 Å². The van der Waals surface area contributed by atoms with Gasteiger partial charge in [-0.3, -0.25) is 0 Å². The van der Waals surface area contributed by atoms with Gasteiger partial charge in [0.2, 0.25) is 0 Å². The number of halogens is 1. The predicted octanol–water partition coefficient (Wildman–Crippen LogP) is 6.21. The van der Waals surface area contributed by atoms with Gasteiger partial charge in [0.25, 0.3) is 0 Å². The number of hydrogen-bond acceptors (Lipinski definition) is 3. The highest BCUT2D eigenvalue weighted by Gasteiger charge is 2.12. The van der Waals surface area contributed by atoms with E-state index in [1.54, 1.807) is 0 Å². The first kappa shape index (κ1) is 22.6. The van der Waals surface area contributed by atoms with Crippen LogP contribution in [0.3, 0.4) is 0 Å². The lowest BCUT2D eigenvalue weighted by Crippen LogP contribution is -2.27. The third-order valence-electron chi connectivity index (χ3n) is 5.27. The van der Waals surface area contributed by atoms with Crippen LogP contribution in [0.2, 0.25) is 0 Å². The Balaban J connectivity index is 0.00000280. The van der Waals surface area contributed by atoms with E-state index >= 15 is 0 Å². The summed E-state index contributed by atoms with van der Waals surface area (Å²) in [7, 11) is 0. The second-order valence-corrected chi connectivity index (χ2v) is 7.56. The Morgan fingerprint density at radius 3 is 2.21 bits per heavy atom. The van der Waals surface area contributed by atoms with Crippen molar-refractivity contribution in [2.75, 3.05) is 6.61 Å². The molecule has 0 aromatic heterocycles. The lowest BCUT2D eigenvalue weighted by molar-refractivity contribution is 0.269. The quantitative estimate of drug-likeness (QED) is 0.531. The van der Waals surface area contributed by atoms with Gasteiger partial charge >= 0.3 is 0 Å². The Bertz CT molecular complexity index is 694. The fraction of sp³-hybridized carbons (Fsp3) is 0.500. The summed E-state index contributed by atoms with van der Waals surface area (Å²) >= 11 is 0. The summed E-state index contributed by atoms with van der Waals surface area (Å²) in [6.45, 7) is 6.20. The zero-order valence-electron chi connectivity index (χ0n) is 17.2. The van der Waals surface area contributed by atoms with E-state index in [-0.39, 0.29) is 12.4 Å². The van der Waals surface area contributed by atoms with E-state index < -0.39 is 0 Å². The Labute approximate surface area is 176 Å². The van der Waals surface area contributed by atoms with Gasteiger partial charge in [-0.25, -0.2) is 0 Å². The lowest BCUT2D eigenvalue weighted by atomic mass is 10.1. The van der Waals surface area contributed by atoms with Crippen LogP contribution in [-0.2, 0) is 13.2 Å². The van der Waals surface area contributed by atoms with Gasteiger partial charge in [0.1, 0.15) is 6.61 Å². The molecular weight excluding hydrogens is 370 g/mol. The van der Waals surface area contributed by atoms with Crippen LogP contribution in [0, 0.1) is 6.92 Å². The fourth-order valence-electron chi connectivity index (χ4n) is 3.64. The monoisotopic (exact) mass is 403 g/mol. The van der Waals surface area contributed by atoms with E-state index in [0.717, 1.165) is 18.0 Å². The summed E-state index contributed by atoms with van der Waals surface area (Å²) in [5, 5.41) is 3.73. The van der Waals surface area contributed by atoms with E-state index in [1.165, 1.54) is 55.2 Å². The van der Waals surface area contributed by atoms with Gasteiger partial charge in [-0.15, -0.1) is 12.4 Å². The van der Waals surface area contributed by atoms with E-state index in [1.807, 2.05) is 13.0 Å². The molecule has 0 saturated heterocycles. The first-order chi connectivity index (χ1) is 13.2. The second kappa shape index (κ2) is 12.0. The van der Waals surface area contributed by atoms with Gasteiger partial charge in [0, 0.05) is 12.6 Å². The molecule has 0 bridgehead atoms. The molecule has 0 unspecified atom stereocenters. The van der Waals surface area contributed by atoms with Crippen LogP contribution < -0.4 is 14.8 Å². The number of aryl methyl sites for hydroxylation is 1. The number of nitrogens with one attached hydrogen (secondary N) is 1. The lowest BCUT2D eigenvalue weighted by Gasteiger charge is -2.18. The largest absolute Gasteiger partial charge is 0.490 e. The third-order valence-corrected chi connectivity index (χ3v) is 5.27. The van der Waals surface area contributed by atoms with Crippen LogP contribution in [0.15, 0.2) is 42.5 Å². The van der Waals surface area contributed by atoms with E-state index in [0.29, 0.717) is 19.3 Å². The molecule has 1 aliphatic carbocycles. The highest BCUT2D eigenvalue weighted by atomic mass is 35.5. The highest BCUT2D eigenvalue weighted by Crippen LogP contribution is 2.29. The van der Waals surface area contributed by atoms with E-state index in [9.17, 15) is 0 Å². The first-order valence-electron chi connectivity index (χ1n) is 10.4. The first-order valence-corrected chi connectivity index (χ1v) is 10.4. The predicted molar refractivity (Wildman–Crippen MR) is 119 cm³/mol. The number of rotatable bonds is 8. The smallest absolute Gasteiger partial charge is 0.161 e. The van der Waals surface area contributed by atoms with Crippen molar-refractivity contribution >= 4 is 12.4 Å². The maximum absolute atomic E-state index is 6.04. The molecule has 1 N–H and O–H groups in total. The van der Waals surface area contributed by atoms with E-state index in [2.05, 4.69) is 48.6 Å². The van der Waals surface area contributed by atoms with Gasteiger partial charge in [-0.1, -0.05) is 61.6 Å². The molecule has 0 radical (unpaired) electrons. The van der Waals surface area contributed by atoms with Gasteiger partial charge in [0.05, 0.1) is 6.61 Å². The van der Waals surface area contributed by atoms with Crippen LogP contribution in [0.5, 0.6) is 11.5 Å². The van der Waals surface area contributed by atoms with Crippen molar-refractivity contribution in [3.05, 3.63) is 59.2 Å². The van der Waals surface area contributed by atoms with Gasteiger partial charge in [-0.05, 0) is 49.9 Å². The normalized spacial score (nSPS) is 14.8. The van der Waals surface area contributed by atoms with Gasteiger partial charge in [-0.2, -0.15) is 0 Å². The average molecular weight is 404 g/mol. The van der Waals surface area contributed by atoms with Crippen molar-refractivity contribution in [1.82, 2.24) is 5.32 Å². The zero-order valence-corrected chi connectivity index (χ0v) is 18.0. The Morgan fingerprint density at radius 1 is 0.857 bits per heavy atom. The van der Waals surface area contributed by atoms with Crippen LogP contribution in [0.1, 0.15) is 62.1 Å². The zero-order chi connectivity index (χ0) is 18.9. The van der Waals surface area contributed by atoms with Crippen molar-refractivity contribution in [3.8, 4) is 11.5 Å². The van der Waals surface area contributed by atoms with Crippen LogP contribution >= 0.6 is 12.4 Å². The summed E-state index contributed by atoms with van der Waals surface area (Å²) in [5.41, 5.74) is 3.69. The Morgan fingerprint density at radius 2 is 1.54 bits per heavy atom. The molecule has 4 heteroatoms. The van der Waals surface area contributed by atoms with Crippen LogP contribution in [0.4, 0.5) is 0 Å². The fourth-order valence-corrected chi connectivity index (χ4v) is 3.64. The van der Waals surface area contributed by atoms with Crippen molar-refractivity contribution < 1.29 is 9.47 Å². The molecule has 3 rings (SSSR count). The maximum Gasteiger partial charge on any atom is 0.161 e. The average Bonchev–Trinajstić information content (AvgIpc) is 2.96. The van der Waals surface area contributed by atoms with Gasteiger partial charge < -0.3 is 14.8 Å². The van der Waals surface area contributed by atoms with E-state index in [4.69, 9.17) is 9.47 Å². The minimum absolute atomic E-state index is 0. The maximum atomic E-state index is 6.04. The molecule has 28 heavy (non-hydrogen) atoms. The molecule has 0 spiro atoms. The minimum atomic E-state index is 0.